The van der Waals surface area contributed by atoms with Crippen molar-refractivity contribution in [3.63, 3.8) is 0 Å². The number of fused-ring (bicyclic) bond motifs is 1. The number of H-pyrrole nitrogens is 1. The van der Waals surface area contributed by atoms with E-state index in [1.165, 1.54) is 23.5 Å². The Morgan fingerprint density at radius 2 is 2.00 bits per heavy atom. The van der Waals surface area contributed by atoms with Crippen LogP contribution in [0.4, 0.5) is 4.39 Å². The fourth-order valence-electron chi connectivity index (χ4n) is 3.18. The van der Waals surface area contributed by atoms with Gasteiger partial charge in [0.1, 0.15) is 16.6 Å². The first kappa shape index (κ1) is 19.9. The number of thiazole rings is 1. The Morgan fingerprint density at radius 1 is 1.17 bits per heavy atom. The van der Waals surface area contributed by atoms with Gasteiger partial charge in [-0.25, -0.2) is 14.4 Å². The van der Waals surface area contributed by atoms with Gasteiger partial charge in [-0.1, -0.05) is 24.3 Å². The SMILES string of the molecule is CCN(Cc1nc2ccccc2c(=O)[nH]1)C(=O)Cc1csc(-c2cccc(F)c2)n1. The molecule has 0 unspecified atom stereocenters. The largest absolute Gasteiger partial charge is 0.335 e. The van der Waals surface area contributed by atoms with Crippen molar-refractivity contribution in [1.82, 2.24) is 19.9 Å². The molecule has 0 atom stereocenters. The van der Waals surface area contributed by atoms with E-state index in [4.69, 9.17) is 0 Å². The van der Waals surface area contributed by atoms with E-state index in [2.05, 4.69) is 15.0 Å². The van der Waals surface area contributed by atoms with Gasteiger partial charge in [-0.2, -0.15) is 0 Å². The average molecular weight is 422 g/mol. The molecule has 1 N–H and O–H groups in total. The Bertz CT molecular complexity index is 1270. The van der Waals surface area contributed by atoms with Crippen molar-refractivity contribution in [3.05, 3.63) is 81.6 Å². The lowest BCUT2D eigenvalue weighted by Gasteiger charge is -2.20. The maximum Gasteiger partial charge on any atom is 0.258 e. The van der Waals surface area contributed by atoms with Crippen molar-refractivity contribution in [2.45, 2.75) is 19.9 Å². The second kappa shape index (κ2) is 8.54. The number of likely N-dealkylation sites (N-methyl/N-ethyl adjacent to an activating group) is 1. The highest BCUT2D eigenvalue weighted by molar-refractivity contribution is 7.13. The average Bonchev–Trinajstić information content (AvgIpc) is 3.20. The number of amides is 1. The molecule has 8 heteroatoms. The quantitative estimate of drug-likeness (QED) is 0.513. The van der Waals surface area contributed by atoms with Gasteiger partial charge in [-0.05, 0) is 31.2 Å². The number of benzene rings is 2. The Morgan fingerprint density at radius 3 is 2.80 bits per heavy atom. The van der Waals surface area contributed by atoms with Gasteiger partial charge in [0.2, 0.25) is 5.91 Å². The minimum Gasteiger partial charge on any atom is -0.335 e. The smallest absolute Gasteiger partial charge is 0.258 e. The molecule has 4 aromatic rings. The van der Waals surface area contributed by atoms with E-state index in [1.54, 1.807) is 35.2 Å². The summed E-state index contributed by atoms with van der Waals surface area (Å²) in [6, 6.07) is 13.3. The van der Waals surface area contributed by atoms with E-state index < -0.39 is 0 Å². The van der Waals surface area contributed by atoms with Crippen LogP contribution in [0.1, 0.15) is 18.4 Å². The van der Waals surface area contributed by atoms with Gasteiger partial charge in [-0.3, -0.25) is 9.59 Å². The zero-order valence-corrected chi connectivity index (χ0v) is 17.1. The zero-order valence-electron chi connectivity index (χ0n) is 16.3. The Balaban J connectivity index is 1.49. The minimum atomic E-state index is -0.325. The van der Waals surface area contributed by atoms with E-state index in [1.807, 2.05) is 18.4 Å². The normalized spacial score (nSPS) is 11.0. The van der Waals surface area contributed by atoms with Gasteiger partial charge < -0.3 is 9.88 Å². The van der Waals surface area contributed by atoms with E-state index in [-0.39, 0.29) is 30.2 Å². The summed E-state index contributed by atoms with van der Waals surface area (Å²) in [6.07, 6.45) is 0.122. The van der Waals surface area contributed by atoms with Crippen LogP contribution >= 0.6 is 11.3 Å². The molecular weight excluding hydrogens is 403 g/mol. The van der Waals surface area contributed by atoms with E-state index in [0.29, 0.717) is 39.5 Å². The summed E-state index contributed by atoms with van der Waals surface area (Å²) in [7, 11) is 0. The maximum absolute atomic E-state index is 13.4. The third-order valence-electron chi connectivity index (χ3n) is 4.69. The number of halogens is 1. The molecule has 0 aliphatic heterocycles. The topological polar surface area (TPSA) is 79.0 Å². The van der Waals surface area contributed by atoms with E-state index in [9.17, 15) is 14.0 Å². The number of nitrogens with one attached hydrogen (secondary N) is 1. The van der Waals surface area contributed by atoms with Crippen LogP contribution in [0.25, 0.3) is 21.5 Å². The molecule has 30 heavy (non-hydrogen) atoms. The molecule has 0 spiro atoms. The zero-order chi connectivity index (χ0) is 21.1. The molecule has 2 aromatic heterocycles. The molecule has 0 saturated heterocycles. The molecule has 152 valence electrons. The molecule has 6 nitrogen and oxygen atoms in total. The summed E-state index contributed by atoms with van der Waals surface area (Å²) in [5, 5.41) is 2.99. The van der Waals surface area contributed by atoms with Crippen LogP contribution in [-0.4, -0.2) is 32.3 Å². The molecule has 2 heterocycles. The highest BCUT2D eigenvalue weighted by Gasteiger charge is 2.17. The fourth-order valence-corrected chi connectivity index (χ4v) is 3.99. The number of nitrogens with zero attached hydrogens (tertiary/aromatic N) is 3. The maximum atomic E-state index is 13.4. The summed E-state index contributed by atoms with van der Waals surface area (Å²) >= 11 is 1.37. The van der Waals surface area contributed by atoms with Crippen molar-refractivity contribution in [3.8, 4) is 10.6 Å². The number of rotatable bonds is 6. The third kappa shape index (κ3) is 4.28. The summed E-state index contributed by atoms with van der Waals surface area (Å²) in [5.41, 5.74) is 1.68. The van der Waals surface area contributed by atoms with Crippen molar-refractivity contribution in [2.24, 2.45) is 0 Å². The molecule has 0 saturated carbocycles. The second-order valence-corrected chi connectivity index (χ2v) is 7.63. The standard InChI is InChI=1S/C22H19FN4O2S/c1-2-27(12-19-25-18-9-4-3-8-17(18)21(29)26-19)20(28)11-16-13-30-22(24-16)14-6-5-7-15(23)10-14/h3-10,13H,2,11-12H2,1H3,(H,25,26,29). The van der Waals surface area contributed by atoms with Crippen molar-refractivity contribution < 1.29 is 9.18 Å². The predicted molar refractivity (Wildman–Crippen MR) is 115 cm³/mol. The lowest BCUT2D eigenvalue weighted by atomic mass is 10.2. The van der Waals surface area contributed by atoms with Crippen molar-refractivity contribution in [1.29, 1.82) is 0 Å². The van der Waals surface area contributed by atoms with Crippen LogP contribution in [0.2, 0.25) is 0 Å². The van der Waals surface area contributed by atoms with Crippen LogP contribution in [0.15, 0.2) is 58.7 Å². The number of aromatic nitrogens is 3. The lowest BCUT2D eigenvalue weighted by molar-refractivity contribution is -0.131. The molecular formula is C22H19FN4O2S. The molecule has 1 amide bonds. The highest BCUT2D eigenvalue weighted by atomic mass is 32.1. The molecule has 0 aliphatic rings. The summed E-state index contributed by atoms with van der Waals surface area (Å²) in [6.45, 7) is 2.54. The second-order valence-electron chi connectivity index (χ2n) is 6.77. The first-order chi connectivity index (χ1) is 14.5. The number of carbonyl (C=O) groups excluding carboxylic acids is 1. The van der Waals surface area contributed by atoms with Crippen LogP contribution in [0.5, 0.6) is 0 Å². The number of hydrogen-bond donors (Lipinski definition) is 1. The number of hydrogen-bond acceptors (Lipinski definition) is 5. The van der Waals surface area contributed by atoms with Crippen LogP contribution in [0.3, 0.4) is 0 Å². The Kier molecular flexibility index (Phi) is 5.67. The summed E-state index contributed by atoms with van der Waals surface area (Å²) in [5.74, 6) is -0.00797. The van der Waals surface area contributed by atoms with Gasteiger partial charge in [0, 0.05) is 17.5 Å². The van der Waals surface area contributed by atoms with E-state index in [0.717, 1.165) is 0 Å². The van der Waals surface area contributed by atoms with Gasteiger partial charge in [-0.15, -0.1) is 11.3 Å². The van der Waals surface area contributed by atoms with Crippen LogP contribution in [-0.2, 0) is 17.8 Å². The monoisotopic (exact) mass is 422 g/mol. The third-order valence-corrected chi connectivity index (χ3v) is 5.63. The molecule has 0 radical (unpaired) electrons. The van der Waals surface area contributed by atoms with Crippen LogP contribution in [0, 0.1) is 5.82 Å². The lowest BCUT2D eigenvalue weighted by Crippen LogP contribution is -2.33. The number of carbonyl (C=O) groups is 1. The number of para-hydroxylation sites is 1. The summed E-state index contributed by atoms with van der Waals surface area (Å²) in [4.78, 5) is 38.4. The minimum absolute atomic E-state index is 0.121. The molecule has 0 bridgehead atoms. The van der Waals surface area contributed by atoms with E-state index >= 15 is 0 Å². The van der Waals surface area contributed by atoms with Gasteiger partial charge >= 0.3 is 0 Å². The van der Waals surface area contributed by atoms with Crippen LogP contribution < -0.4 is 5.56 Å². The molecule has 2 aromatic carbocycles. The van der Waals surface area contributed by atoms with Gasteiger partial charge in [0.25, 0.3) is 5.56 Å². The number of aromatic amines is 1. The molecule has 4 rings (SSSR count). The Labute approximate surface area is 176 Å². The van der Waals surface area contributed by atoms with Crippen molar-refractivity contribution >= 4 is 28.1 Å². The molecule has 0 aliphatic carbocycles. The fraction of sp³-hybridized carbons (Fsp3) is 0.182. The van der Waals surface area contributed by atoms with Crippen molar-refractivity contribution in [2.75, 3.05) is 6.54 Å². The molecule has 0 fully saturated rings. The predicted octanol–water partition coefficient (Wildman–Crippen LogP) is 3.78. The first-order valence-corrected chi connectivity index (χ1v) is 10.4. The van der Waals surface area contributed by atoms with Gasteiger partial charge in [0.15, 0.2) is 0 Å². The highest BCUT2D eigenvalue weighted by Crippen LogP contribution is 2.24. The first-order valence-electron chi connectivity index (χ1n) is 9.49. The summed E-state index contributed by atoms with van der Waals surface area (Å²) < 4.78 is 13.4. The van der Waals surface area contributed by atoms with Gasteiger partial charge in [0.05, 0.1) is 29.6 Å². The Hall–Kier alpha value is -3.39.